The Bertz CT molecular complexity index is 1200. The van der Waals surface area contributed by atoms with Gasteiger partial charge < -0.3 is 10.1 Å². The van der Waals surface area contributed by atoms with E-state index in [1.165, 1.54) is 0 Å². The lowest BCUT2D eigenvalue weighted by molar-refractivity contribution is 0.237. The lowest BCUT2D eigenvalue weighted by Gasteiger charge is -2.23. The first-order valence-corrected chi connectivity index (χ1v) is 11.3. The van der Waals surface area contributed by atoms with Crippen molar-refractivity contribution in [3.8, 4) is 5.75 Å². The van der Waals surface area contributed by atoms with Crippen molar-refractivity contribution >= 4 is 33.2 Å². The van der Waals surface area contributed by atoms with Crippen LogP contribution in [0, 0.1) is 6.92 Å². The SMILES string of the molecule is COc1cccc2ccc(CN3CCCC3c3nc(C)cc(Nc4nccs4)n3)nc12. The van der Waals surface area contributed by atoms with E-state index in [2.05, 4.69) is 33.4 Å². The van der Waals surface area contributed by atoms with Gasteiger partial charge in [-0.2, -0.15) is 0 Å². The average Bonchev–Trinajstić information content (AvgIpc) is 3.45. The number of ether oxygens (including phenoxy) is 1. The summed E-state index contributed by atoms with van der Waals surface area (Å²) in [6.45, 7) is 3.77. The number of para-hydroxylation sites is 1. The van der Waals surface area contributed by atoms with Crippen molar-refractivity contribution in [2.75, 3.05) is 19.0 Å². The van der Waals surface area contributed by atoms with Crippen LogP contribution in [0.4, 0.5) is 10.9 Å². The van der Waals surface area contributed by atoms with Gasteiger partial charge >= 0.3 is 0 Å². The van der Waals surface area contributed by atoms with Crippen LogP contribution in [0.1, 0.15) is 36.1 Å². The molecule has 1 atom stereocenters. The Balaban J connectivity index is 1.40. The van der Waals surface area contributed by atoms with Crippen LogP contribution in [0.15, 0.2) is 48.0 Å². The van der Waals surface area contributed by atoms with Gasteiger partial charge in [-0.3, -0.25) is 4.90 Å². The maximum Gasteiger partial charge on any atom is 0.188 e. The van der Waals surface area contributed by atoms with Gasteiger partial charge in [0.15, 0.2) is 5.13 Å². The van der Waals surface area contributed by atoms with Gasteiger partial charge in [-0.05, 0) is 38.4 Å². The van der Waals surface area contributed by atoms with Crippen molar-refractivity contribution in [1.29, 1.82) is 0 Å². The summed E-state index contributed by atoms with van der Waals surface area (Å²) < 4.78 is 5.50. The normalized spacial score (nSPS) is 16.6. The second-order valence-corrected chi connectivity index (χ2v) is 8.57. The van der Waals surface area contributed by atoms with Crippen molar-refractivity contribution in [3.05, 3.63) is 65.2 Å². The molecule has 1 fully saturated rings. The van der Waals surface area contributed by atoms with E-state index in [4.69, 9.17) is 19.7 Å². The van der Waals surface area contributed by atoms with Gasteiger partial charge in [0.05, 0.1) is 18.8 Å². The van der Waals surface area contributed by atoms with Crippen LogP contribution in [-0.2, 0) is 6.54 Å². The van der Waals surface area contributed by atoms with Crippen molar-refractivity contribution in [2.24, 2.45) is 0 Å². The van der Waals surface area contributed by atoms with E-state index < -0.39 is 0 Å². The zero-order chi connectivity index (χ0) is 21.2. The van der Waals surface area contributed by atoms with E-state index in [0.29, 0.717) is 0 Å². The molecule has 1 N–H and O–H groups in total. The molecule has 3 aromatic heterocycles. The Morgan fingerprint density at radius 1 is 1.19 bits per heavy atom. The van der Waals surface area contributed by atoms with E-state index >= 15 is 0 Å². The third kappa shape index (κ3) is 4.22. The number of fused-ring (bicyclic) bond motifs is 1. The molecule has 4 aromatic rings. The van der Waals surface area contributed by atoms with Crippen LogP contribution >= 0.6 is 11.3 Å². The molecule has 0 amide bonds. The molecular weight excluding hydrogens is 408 g/mol. The van der Waals surface area contributed by atoms with Crippen LogP contribution in [0.2, 0.25) is 0 Å². The number of hydrogen-bond acceptors (Lipinski definition) is 8. The minimum atomic E-state index is 0.173. The summed E-state index contributed by atoms with van der Waals surface area (Å²) in [6.07, 6.45) is 3.94. The highest BCUT2D eigenvalue weighted by Gasteiger charge is 2.29. The Morgan fingerprint density at radius 3 is 2.97 bits per heavy atom. The summed E-state index contributed by atoms with van der Waals surface area (Å²) in [5.41, 5.74) is 2.88. The molecule has 8 heteroatoms. The molecule has 0 spiro atoms. The molecular formula is C23H24N6OS. The summed E-state index contributed by atoms with van der Waals surface area (Å²) in [7, 11) is 1.69. The van der Waals surface area contributed by atoms with Crippen LogP contribution in [0.3, 0.4) is 0 Å². The third-order valence-corrected chi connectivity index (χ3v) is 6.21. The maximum absolute atomic E-state index is 5.50. The standard InChI is InChI=1S/C23H24N6OS/c1-15-13-20(28-23-24-10-12-31-23)27-22(25-15)18-6-4-11-29(18)14-17-9-8-16-5-3-7-19(30-2)21(16)26-17/h3,5,7-10,12-13,18H,4,6,11,14H2,1-2H3,(H,24,25,27,28). The second-order valence-electron chi connectivity index (χ2n) is 7.68. The van der Waals surface area contributed by atoms with E-state index in [-0.39, 0.29) is 6.04 Å². The molecule has 7 nitrogen and oxygen atoms in total. The van der Waals surface area contributed by atoms with E-state index in [1.54, 1.807) is 24.6 Å². The Hall–Kier alpha value is -3.10. The predicted molar refractivity (Wildman–Crippen MR) is 123 cm³/mol. The van der Waals surface area contributed by atoms with Crippen molar-refractivity contribution in [3.63, 3.8) is 0 Å². The summed E-state index contributed by atoms with van der Waals surface area (Å²) >= 11 is 1.56. The minimum absolute atomic E-state index is 0.173. The van der Waals surface area contributed by atoms with Crippen LogP contribution < -0.4 is 10.1 Å². The smallest absolute Gasteiger partial charge is 0.188 e. The molecule has 5 rings (SSSR count). The molecule has 31 heavy (non-hydrogen) atoms. The van der Waals surface area contributed by atoms with Crippen molar-refractivity contribution in [1.82, 2.24) is 24.8 Å². The number of pyridine rings is 1. The molecule has 1 aliphatic heterocycles. The number of rotatable bonds is 6. The molecule has 1 unspecified atom stereocenters. The zero-order valence-corrected chi connectivity index (χ0v) is 18.4. The van der Waals surface area contributed by atoms with E-state index in [1.807, 2.05) is 30.5 Å². The number of methoxy groups -OCH3 is 1. The summed E-state index contributed by atoms with van der Waals surface area (Å²) in [6, 6.07) is 12.4. The van der Waals surface area contributed by atoms with E-state index in [0.717, 1.165) is 70.7 Å². The fourth-order valence-corrected chi connectivity index (χ4v) is 4.66. The highest BCUT2D eigenvalue weighted by molar-refractivity contribution is 7.13. The number of benzene rings is 1. The Kier molecular flexibility index (Phi) is 5.48. The summed E-state index contributed by atoms with van der Waals surface area (Å²) in [5.74, 6) is 2.45. The van der Waals surface area contributed by atoms with E-state index in [9.17, 15) is 0 Å². The zero-order valence-electron chi connectivity index (χ0n) is 17.6. The lowest BCUT2D eigenvalue weighted by atomic mass is 10.1. The fraction of sp³-hybridized carbons (Fsp3) is 0.304. The first-order valence-electron chi connectivity index (χ1n) is 10.4. The average molecular weight is 433 g/mol. The number of nitrogens with zero attached hydrogens (tertiary/aromatic N) is 5. The van der Waals surface area contributed by atoms with Crippen LogP contribution in [0.5, 0.6) is 5.75 Å². The molecule has 158 valence electrons. The first kappa shape index (κ1) is 19.8. The van der Waals surface area contributed by atoms with Gasteiger partial charge in [0, 0.05) is 35.3 Å². The monoisotopic (exact) mass is 432 g/mol. The minimum Gasteiger partial charge on any atom is -0.494 e. The van der Waals surface area contributed by atoms with Crippen molar-refractivity contribution in [2.45, 2.75) is 32.4 Å². The molecule has 0 radical (unpaired) electrons. The summed E-state index contributed by atoms with van der Waals surface area (Å²) in [5, 5.41) is 7.16. The molecule has 1 aliphatic rings. The van der Waals surface area contributed by atoms with Gasteiger partial charge in [-0.25, -0.2) is 19.9 Å². The first-order chi connectivity index (χ1) is 15.2. The third-order valence-electron chi connectivity index (χ3n) is 5.53. The van der Waals surface area contributed by atoms with Crippen molar-refractivity contribution < 1.29 is 4.74 Å². The largest absolute Gasteiger partial charge is 0.494 e. The number of aromatic nitrogens is 4. The number of thiazole rings is 1. The van der Waals surface area contributed by atoms with Crippen LogP contribution in [-0.4, -0.2) is 38.5 Å². The van der Waals surface area contributed by atoms with Gasteiger partial charge in [0.1, 0.15) is 22.9 Å². The molecule has 1 aromatic carbocycles. The topological polar surface area (TPSA) is 76.1 Å². The maximum atomic E-state index is 5.50. The van der Waals surface area contributed by atoms with Crippen LogP contribution in [0.25, 0.3) is 10.9 Å². The molecule has 0 saturated carbocycles. The Morgan fingerprint density at radius 2 is 2.13 bits per heavy atom. The molecule has 0 bridgehead atoms. The highest BCUT2D eigenvalue weighted by atomic mass is 32.1. The number of nitrogens with one attached hydrogen (secondary N) is 1. The number of aryl methyl sites for hydroxylation is 1. The van der Waals surface area contributed by atoms with Gasteiger partial charge in [0.2, 0.25) is 0 Å². The molecule has 0 aliphatic carbocycles. The molecule has 4 heterocycles. The van der Waals surface area contributed by atoms with Gasteiger partial charge in [-0.15, -0.1) is 11.3 Å². The molecule has 1 saturated heterocycles. The number of anilines is 2. The summed E-state index contributed by atoms with van der Waals surface area (Å²) in [4.78, 5) is 21.2. The van der Waals surface area contributed by atoms with Gasteiger partial charge in [0.25, 0.3) is 0 Å². The highest BCUT2D eigenvalue weighted by Crippen LogP contribution is 2.33. The fourth-order valence-electron chi connectivity index (χ4n) is 4.13. The quantitative estimate of drug-likeness (QED) is 0.465. The lowest BCUT2D eigenvalue weighted by Crippen LogP contribution is -2.25. The number of likely N-dealkylation sites (tertiary alicyclic amines) is 1. The number of hydrogen-bond donors (Lipinski definition) is 1. The predicted octanol–water partition coefficient (Wildman–Crippen LogP) is 4.88. The Labute approximate surface area is 185 Å². The van der Waals surface area contributed by atoms with Gasteiger partial charge in [-0.1, -0.05) is 18.2 Å². The second kappa shape index (κ2) is 8.56.